The van der Waals surface area contributed by atoms with Gasteiger partial charge in [-0.2, -0.15) is 0 Å². The minimum Gasteiger partial charge on any atom is -0.333 e. The average Bonchev–Trinajstić information content (AvgIpc) is 2.98. The van der Waals surface area contributed by atoms with Crippen LogP contribution in [0.5, 0.6) is 0 Å². The molecule has 0 fully saturated rings. The van der Waals surface area contributed by atoms with E-state index < -0.39 is 6.04 Å². The standard InChI is InChI=1S/C20H17Cl2N3O2/c21-14-7-6-13(10-15(14)22)18-17-16(23-20(27)24-18)11-25(19(17)26)9-8-12-4-2-1-3-5-12/h1-7,10,18H,8-9,11H2,(H2,23,24,27). The van der Waals surface area contributed by atoms with Crippen molar-refractivity contribution < 1.29 is 9.59 Å². The highest BCUT2D eigenvalue weighted by Gasteiger charge is 2.40. The van der Waals surface area contributed by atoms with Gasteiger partial charge in [0.25, 0.3) is 5.91 Å². The van der Waals surface area contributed by atoms with E-state index in [0.717, 1.165) is 12.0 Å². The summed E-state index contributed by atoms with van der Waals surface area (Å²) in [4.78, 5) is 26.9. The number of nitrogens with one attached hydrogen (secondary N) is 2. The fourth-order valence-electron chi connectivity index (χ4n) is 3.46. The van der Waals surface area contributed by atoms with E-state index in [-0.39, 0.29) is 11.9 Å². The summed E-state index contributed by atoms with van der Waals surface area (Å²) in [5, 5.41) is 6.40. The van der Waals surface area contributed by atoms with Crippen molar-refractivity contribution in [2.24, 2.45) is 0 Å². The number of hydrogen-bond donors (Lipinski definition) is 2. The molecule has 0 saturated carbocycles. The van der Waals surface area contributed by atoms with Gasteiger partial charge in [0.2, 0.25) is 0 Å². The van der Waals surface area contributed by atoms with E-state index in [1.807, 2.05) is 30.3 Å². The Morgan fingerprint density at radius 2 is 1.81 bits per heavy atom. The molecule has 2 heterocycles. The Balaban J connectivity index is 1.57. The van der Waals surface area contributed by atoms with Crippen LogP contribution in [0.15, 0.2) is 59.8 Å². The maximum atomic E-state index is 13.0. The SMILES string of the molecule is O=C1NC2=C(C(=O)N(CCc3ccccc3)C2)C(c2ccc(Cl)c(Cl)c2)N1. The number of carbonyl (C=O) groups is 2. The van der Waals surface area contributed by atoms with E-state index >= 15 is 0 Å². The van der Waals surface area contributed by atoms with Crippen LogP contribution in [0.1, 0.15) is 17.2 Å². The van der Waals surface area contributed by atoms with Gasteiger partial charge in [0.1, 0.15) is 0 Å². The third-order valence-corrected chi connectivity index (χ3v) is 5.55. The van der Waals surface area contributed by atoms with Gasteiger partial charge in [0.05, 0.1) is 33.9 Å². The van der Waals surface area contributed by atoms with Gasteiger partial charge < -0.3 is 15.5 Å². The summed E-state index contributed by atoms with van der Waals surface area (Å²) >= 11 is 12.1. The van der Waals surface area contributed by atoms with Crippen molar-refractivity contribution in [3.05, 3.63) is 81.0 Å². The number of halogens is 2. The van der Waals surface area contributed by atoms with Crippen LogP contribution in [0.2, 0.25) is 10.0 Å². The first-order chi connectivity index (χ1) is 13.0. The summed E-state index contributed by atoms with van der Waals surface area (Å²) in [6, 6.07) is 14.3. The Hall–Kier alpha value is -2.50. The molecule has 2 aromatic rings. The lowest BCUT2D eigenvalue weighted by atomic mass is 9.96. The Morgan fingerprint density at radius 3 is 2.56 bits per heavy atom. The third kappa shape index (κ3) is 3.53. The fourth-order valence-corrected chi connectivity index (χ4v) is 3.77. The summed E-state index contributed by atoms with van der Waals surface area (Å²) in [6.07, 6.45) is 0.756. The van der Waals surface area contributed by atoms with Gasteiger partial charge in [-0.1, -0.05) is 59.6 Å². The van der Waals surface area contributed by atoms with Crippen molar-refractivity contribution in [3.8, 4) is 0 Å². The molecule has 0 saturated heterocycles. The molecule has 0 bridgehead atoms. The van der Waals surface area contributed by atoms with E-state index in [2.05, 4.69) is 10.6 Å². The first-order valence-corrected chi connectivity index (χ1v) is 9.37. The second-order valence-electron chi connectivity index (χ2n) is 6.56. The van der Waals surface area contributed by atoms with Gasteiger partial charge in [0.15, 0.2) is 0 Å². The summed E-state index contributed by atoms with van der Waals surface area (Å²) < 4.78 is 0. The van der Waals surface area contributed by atoms with E-state index in [1.54, 1.807) is 23.1 Å². The molecule has 138 valence electrons. The second-order valence-corrected chi connectivity index (χ2v) is 7.37. The molecule has 2 aromatic carbocycles. The molecule has 3 amide bonds. The molecular weight excluding hydrogens is 385 g/mol. The van der Waals surface area contributed by atoms with E-state index in [0.29, 0.717) is 34.4 Å². The lowest BCUT2D eigenvalue weighted by Crippen LogP contribution is -2.44. The maximum Gasteiger partial charge on any atom is 0.319 e. The Morgan fingerprint density at radius 1 is 1.04 bits per heavy atom. The number of carbonyl (C=O) groups excluding carboxylic acids is 2. The number of amides is 3. The molecule has 0 radical (unpaired) electrons. The van der Waals surface area contributed by atoms with Gasteiger partial charge in [-0.05, 0) is 29.7 Å². The van der Waals surface area contributed by atoms with Crippen molar-refractivity contribution in [1.29, 1.82) is 0 Å². The van der Waals surface area contributed by atoms with Crippen molar-refractivity contribution >= 4 is 35.1 Å². The summed E-state index contributed by atoms with van der Waals surface area (Å²) in [5.74, 6) is -0.0792. The third-order valence-electron chi connectivity index (χ3n) is 4.81. The fraction of sp³-hybridized carbons (Fsp3) is 0.200. The highest BCUT2D eigenvalue weighted by atomic mass is 35.5. The first-order valence-electron chi connectivity index (χ1n) is 8.61. The Kier molecular flexibility index (Phi) is 4.81. The van der Waals surface area contributed by atoms with Crippen LogP contribution in [0, 0.1) is 0 Å². The molecule has 2 aliphatic rings. The van der Waals surface area contributed by atoms with Crippen molar-refractivity contribution in [3.63, 3.8) is 0 Å². The molecule has 4 rings (SSSR count). The van der Waals surface area contributed by atoms with Crippen molar-refractivity contribution in [2.45, 2.75) is 12.5 Å². The Bertz CT molecular complexity index is 943. The maximum absolute atomic E-state index is 13.0. The first kappa shape index (κ1) is 17.9. The molecule has 5 nitrogen and oxygen atoms in total. The normalized spacial score (nSPS) is 19.0. The zero-order valence-corrected chi connectivity index (χ0v) is 15.8. The zero-order valence-electron chi connectivity index (χ0n) is 14.3. The van der Waals surface area contributed by atoms with Gasteiger partial charge in [-0.25, -0.2) is 4.79 Å². The van der Waals surface area contributed by atoms with Crippen LogP contribution in [-0.2, 0) is 11.2 Å². The minimum absolute atomic E-state index is 0.0792. The Labute approximate surface area is 166 Å². The van der Waals surface area contributed by atoms with Crippen LogP contribution >= 0.6 is 23.2 Å². The molecule has 0 aromatic heterocycles. The lowest BCUT2D eigenvalue weighted by Gasteiger charge is -2.25. The van der Waals surface area contributed by atoms with Crippen LogP contribution in [-0.4, -0.2) is 29.9 Å². The number of benzene rings is 2. The highest BCUT2D eigenvalue weighted by Crippen LogP contribution is 2.35. The van der Waals surface area contributed by atoms with E-state index in [1.165, 1.54) is 5.56 Å². The minimum atomic E-state index is -0.544. The smallest absolute Gasteiger partial charge is 0.319 e. The monoisotopic (exact) mass is 401 g/mol. The molecule has 0 aliphatic carbocycles. The van der Waals surface area contributed by atoms with Gasteiger partial charge in [-0.3, -0.25) is 4.79 Å². The van der Waals surface area contributed by atoms with Gasteiger partial charge in [0, 0.05) is 6.54 Å². The van der Waals surface area contributed by atoms with E-state index in [9.17, 15) is 9.59 Å². The van der Waals surface area contributed by atoms with Gasteiger partial charge >= 0.3 is 6.03 Å². The van der Waals surface area contributed by atoms with Crippen molar-refractivity contribution in [2.75, 3.05) is 13.1 Å². The zero-order chi connectivity index (χ0) is 19.0. The predicted octanol–water partition coefficient (Wildman–Crippen LogP) is 3.69. The summed E-state index contributed by atoms with van der Waals surface area (Å²) in [6.45, 7) is 0.978. The van der Waals surface area contributed by atoms with Crippen LogP contribution in [0.3, 0.4) is 0 Å². The molecule has 1 atom stereocenters. The topological polar surface area (TPSA) is 61.4 Å². The predicted molar refractivity (Wildman–Crippen MR) is 105 cm³/mol. The molecular formula is C20H17Cl2N3O2. The molecule has 27 heavy (non-hydrogen) atoms. The number of rotatable bonds is 4. The second kappa shape index (κ2) is 7.25. The molecule has 7 heteroatoms. The van der Waals surface area contributed by atoms with Crippen LogP contribution in [0.4, 0.5) is 4.79 Å². The molecule has 1 unspecified atom stereocenters. The largest absolute Gasteiger partial charge is 0.333 e. The molecule has 0 spiro atoms. The van der Waals surface area contributed by atoms with Crippen LogP contribution < -0.4 is 10.6 Å². The summed E-state index contributed by atoms with van der Waals surface area (Å²) in [7, 11) is 0. The number of urea groups is 1. The number of nitrogens with zero attached hydrogens (tertiary/aromatic N) is 1. The molecule has 2 N–H and O–H groups in total. The van der Waals surface area contributed by atoms with Gasteiger partial charge in [-0.15, -0.1) is 0 Å². The lowest BCUT2D eigenvalue weighted by molar-refractivity contribution is -0.125. The number of hydrogen-bond acceptors (Lipinski definition) is 2. The van der Waals surface area contributed by atoms with Crippen LogP contribution in [0.25, 0.3) is 0 Å². The highest BCUT2D eigenvalue weighted by molar-refractivity contribution is 6.42. The summed E-state index contributed by atoms with van der Waals surface area (Å²) in [5.41, 5.74) is 3.09. The van der Waals surface area contributed by atoms with E-state index in [4.69, 9.17) is 23.2 Å². The average molecular weight is 402 g/mol. The molecule has 2 aliphatic heterocycles. The quantitative estimate of drug-likeness (QED) is 0.820. The van der Waals surface area contributed by atoms with Crippen molar-refractivity contribution in [1.82, 2.24) is 15.5 Å².